The smallest absolute Gasteiger partial charge is 0.269 e. The summed E-state index contributed by atoms with van der Waals surface area (Å²) in [6.07, 6.45) is -7.65. The zero-order valence-corrected chi connectivity index (χ0v) is 7.30. The highest BCUT2D eigenvalue weighted by atomic mass is 35.5. The number of halogens is 8. The Hall–Kier alpha value is -0.980. The van der Waals surface area contributed by atoms with Crippen LogP contribution in [0.1, 0.15) is 0 Å². The van der Waals surface area contributed by atoms with Crippen molar-refractivity contribution in [1.82, 2.24) is 0 Å². The molecule has 0 aromatic carbocycles. The van der Waals surface area contributed by atoms with Crippen LogP contribution in [0, 0.1) is 0 Å². The molecule has 0 saturated heterocycles. The fraction of sp³-hybridized carbons (Fsp3) is 0. The van der Waals surface area contributed by atoms with Gasteiger partial charge in [-0.1, -0.05) is 18.2 Å². The van der Waals surface area contributed by atoms with Gasteiger partial charge in [-0.2, -0.15) is 26.3 Å². The van der Waals surface area contributed by atoms with E-state index in [0.717, 1.165) is 0 Å². The van der Waals surface area contributed by atoms with Crippen molar-refractivity contribution >= 4 is 11.6 Å². The molecule has 0 aromatic rings. The SMILES string of the molecule is C=C(F)F.C=CCl.F.FC(F)=C(F)F. The molecule has 0 saturated carbocycles. The second-order valence-corrected chi connectivity index (χ2v) is 1.32. The fourth-order valence-corrected chi connectivity index (χ4v) is 0. The van der Waals surface area contributed by atoms with Gasteiger partial charge in [0.2, 0.25) is 0 Å². The number of hydrogen-bond acceptors (Lipinski definition) is 0. The zero-order chi connectivity index (χ0) is 11.4. The summed E-state index contributed by atoms with van der Waals surface area (Å²) < 4.78 is 61.4. The summed E-state index contributed by atoms with van der Waals surface area (Å²) >= 11 is 4.76. The quantitative estimate of drug-likeness (QED) is 0.533. The van der Waals surface area contributed by atoms with Crippen molar-refractivity contribution in [3.05, 3.63) is 36.9 Å². The molecule has 0 heterocycles. The predicted octanol–water partition coefficient (Wildman–Crippen LogP) is 4.91. The van der Waals surface area contributed by atoms with Gasteiger partial charge in [0.15, 0.2) is 0 Å². The lowest BCUT2D eigenvalue weighted by Crippen LogP contribution is -1.56. The summed E-state index contributed by atoms with van der Waals surface area (Å²) in [5.41, 5.74) is 1.22. The third kappa shape index (κ3) is 121. The summed E-state index contributed by atoms with van der Waals surface area (Å²) in [5, 5.41) is 0. The van der Waals surface area contributed by atoms with Gasteiger partial charge < -0.3 is 0 Å². The van der Waals surface area contributed by atoms with E-state index in [9.17, 15) is 26.3 Å². The van der Waals surface area contributed by atoms with Crippen molar-refractivity contribution in [2.75, 3.05) is 0 Å². The lowest BCUT2D eigenvalue weighted by atomic mass is 11.1. The predicted molar refractivity (Wildman–Crippen MR) is 41.4 cm³/mol. The van der Waals surface area contributed by atoms with Crippen molar-refractivity contribution in [2.24, 2.45) is 0 Å². The number of rotatable bonds is 0. The van der Waals surface area contributed by atoms with Crippen LogP contribution in [0.5, 0.6) is 0 Å². The van der Waals surface area contributed by atoms with Crippen molar-refractivity contribution in [3.63, 3.8) is 0 Å². The normalized spacial score (nSPS) is 6.21. The standard InChI is InChI=1S/C2H3Cl.C2F4.C2H2F2.FH/c1-2-3;3-1(4)2(5)6;1-2(3)4;/h2H,1H2;;1H2;1H. The molecule has 86 valence electrons. The third-order valence-electron chi connectivity index (χ3n) is 0.143. The monoisotopic (exact) mass is 246 g/mol. The van der Waals surface area contributed by atoms with Gasteiger partial charge in [0, 0.05) is 0 Å². The summed E-state index contributed by atoms with van der Waals surface area (Å²) in [6, 6.07) is 0. The summed E-state index contributed by atoms with van der Waals surface area (Å²) in [7, 11) is 0. The molecule has 0 bridgehead atoms. The van der Waals surface area contributed by atoms with Crippen LogP contribution in [-0.2, 0) is 0 Å². The van der Waals surface area contributed by atoms with Gasteiger partial charge in [-0.25, -0.2) is 0 Å². The molecular formula is C6H6ClF7. The van der Waals surface area contributed by atoms with Gasteiger partial charge in [-0.3, -0.25) is 4.70 Å². The molecule has 0 aliphatic carbocycles. The highest BCUT2D eigenvalue weighted by Crippen LogP contribution is 2.08. The largest absolute Gasteiger partial charge is 0.334 e. The third-order valence-corrected chi connectivity index (χ3v) is 0.143. The Balaban J connectivity index is -0.0000000553. The topological polar surface area (TPSA) is 0 Å². The highest BCUT2D eigenvalue weighted by Gasteiger charge is 1.98. The Labute approximate surface area is 80.5 Å². The van der Waals surface area contributed by atoms with Gasteiger partial charge in [0.25, 0.3) is 6.08 Å². The Morgan fingerprint density at radius 2 is 1.00 bits per heavy atom. The van der Waals surface area contributed by atoms with Crippen LogP contribution < -0.4 is 0 Å². The first-order chi connectivity index (χ1) is 5.79. The van der Waals surface area contributed by atoms with E-state index in [-0.39, 0.29) is 4.70 Å². The zero-order valence-electron chi connectivity index (χ0n) is 6.55. The van der Waals surface area contributed by atoms with Crippen LogP contribution >= 0.6 is 11.6 Å². The average Bonchev–Trinajstić information content (AvgIpc) is 1.87. The molecule has 0 rings (SSSR count). The second kappa shape index (κ2) is 17.9. The first kappa shape index (κ1) is 23.1. The van der Waals surface area contributed by atoms with Crippen LogP contribution in [0.4, 0.5) is 31.0 Å². The van der Waals surface area contributed by atoms with Crippen molar-refractivity contribution in [2.45, 2.75) is 0 Å². The molecule has 0 nitrogen and oxygen atoms in total. The minimum Gasteiger partial charge on any atom is -0.269 e. The van der Waals surface area contributed by atoms with Crippen molar-refractivity contribution in [1.29, 1.82) is 0 Å². The summed E-state index contributed by atoms with van der Waals surface area (Å²) in [5.74, 6) is 0. The molecule has 0 spiro atoms. The molecule has 0 atom stereocenters. The Kier molecular flexibility index (Phi) is 29.6. The van der Waals surface area contributed by atoms with E-state index >= 15 is 0 Å². The van der Waals surface area contributed by atoms with E-state index in [1.165, 1.54) is 5.54 Å². The fourth-order valence-electron chi connectivity index (χ4n) is 0. The lowest BCUT2D eigenvalue weighted by molar-refractivity contribution is 0.308. The van der Waals surface area contributed by atoms with Gasteiger partial charge in [0.05, 0.1) is 0 Å². The van der Waals surface area contributed by atoms with Crippen LogP contribution in [0.3, 0.4) is 0 Å². The first-order valence-corrected chi connectivity index (χ1v) is 2.80. The van der Waals surface area contributed by atoms with Crippen LogP contribution in [0.15, 0.2) is 36.9 Å². The maximum Gasteiger partial charge on any atom is 0.334 e. The maximum absolute atomic E-state index is 10.3. The lowest BCUT2D eigenvalue weighted by Gasteiger charge is -1.69. The molecule has 0 aliphatic heterocycles. The van der Waals surface area contributed by atoms with Crippen LogP contribution in [0.25, 0.3) is 0 Å². The van der Waals surface area contributed by atoms with E-state index in [0.29, 0.717) is 0 Å². The molecular weight excluding hydrogens is 241 g/mol. The first-order valence-electron chi connectivity index (χ1n) is 2.36. The molecule has 0 aromatic heterocycles. The average molecular weight is 247 g/mol. The molecule has 0 N–H and O–H groups in total. The Morgan fingerprint density at radius 3 is 1.00 bits per heavy atom. The molecule has 0 aliphatic rings. The van der Waals surface area contributed by atoms with Crippen LogP contribution in [-0.4, -0.2) is 0 Å². The van der Waals surface area contributed by atoms with Crippen molar-refractivity contribution in [3.8, 4) is 0 Å². The minimum absolute atomic E-state index is 0. The van der Waals surface area contributed by atoms with Crippen LogP contribution in [0.2, 0.25) is 0 Å². The highest BCUT2D eigenvalue weighted by molar-refractivity contribution is 6.25. The summed E-state index contributed by atoms with van der Waals surface area (Å²) in [4.78, 5) is 0. The van der Waals surface area contributed by atoms with E-state index in [2.05, 4.69) is 13.2 Å². The van der Waals surface area contributed by atoms with Gasteiger partial charge >= 0.3 is 12.2 Å². The van der Waals surface area contributed by atoms with E-state index in [1.807, 2.05) is 0 Å². The minimum atomic E-state index is -2.91. The summed E-state index contributed by atoms with van der Waals surface area (Å²) in [6.45, 7) is 5.35. The van der Waals surface area contributed by atoms with Gasteiger partial charge in [0.1, 0.15) is 0 Å². The van der Waals surface area contributed by atoms with Gasteiger partial charge in [-0.05, 0) is 12.1 Å². The molecule has 14 heavy (non-hydrogen) atoms. The van der Waals surface area contributed by atoms with Gasteiger partial charge in [-0.15, -0.1) is 0 Å². The molecule has 8 heteroatoms. The molecule has 0 fully saturated rings. The second-order valence-electron chi connectivity index (χ2n) is 1.01. The molecule has 0 amide bonds. The van der Waals surface area contributed by atoms with E-state index < -0.39 is 18.2 Å². The van der Waals surface area contributed by atoms with Crippen molar-refractivity contribution < 1.29 is 31.0 Å². The molecule has 0 unspecified atom stereocenters. The maximum atomic E-state index is 10.3. The van der Waals surface area contributed by atoms with E-state index in [4.69, 9.17) is 11.6 Å². The Morgan fingerprint density at radius 1 is 0.929 bits per heavy atom. The Bertz CT molecular complexity index is 155. The van der Waals surface area contributed by atoms with E-state index in [1.54, 1.807) is 0 Å². The molecule has 0 radical (unpaired) electrons. The number of hydrogen-bond donors (Lipinski definition) is 0.